The molecular formula is C23H25BrN2O4S2. The molecule has 0 amide bonds. The number of piperidine rings is 1. The first-order valence-electron chi connectivity index (χ1n) is 10.3. The van der Waals surface area contributed by atoms with Crippen molar-refractivity contribution in [3.63, 3.8) is 0 Å². The summed E-state index contributed by atoms with van der Waals surface area (Å²) in [5.74, 6) is 1.43. The minimum absolute atomic E-state index is 0.366. The van der Waals surface area contributed by atoms with Crippen LogP contribution in [0.5, 0.6) is 11.5 Å². The third-order valence-electron chi connectivity index (χ3n) is 5.73. The van der Waals surface area contributed by atoms with Gasteiger partial charge in [-0.3, -0.25) is 0 Å². The van der Waals surface area contributed by atoms with E-state index in [2.05, 4.69) is 20.8 Å². The van der Waals surface area contributed by atoms with E-state index >= 15 is 0 Å². The number of methoxy groups -OCH3 is 2. The van der Waals surface area contributed by atoms with Gasteiger partial charge in [0.2, 0.25) is 0 Å². The average molecular weight is 538 g/mol. The highest BCUT2D eigenvalue weighted by Crippen LogP contribution is 2.36. The Labute approximate surface area is 201 Å². The van der Waals surface area contributed by atoms with E-state index in [1.807, 2.05) is 35.7 Å². The fraction of sp³-hybridized carbons (Fsp3) is 0.348. The highest BCUT2D eigenvalue weighted by molar-refractivity contribution is 9.08. The summed E-state index contributed by atoms with van der Waals surface area (Å²) in [6.07, 6.45) is 1.17. The van der Waals surface area contributed by atoms with Gasteiger partial charge in [0.1, 0.15) is 11.5 Å². The van der Waals surface area contributed by atoms with E-state index in [-0.39, 0.29) is 5.25 Å². The van der Waals surface area contributed by atoms with Crippen LogP contribution in [0.4, 0.5) is 5.13 Å². The van der Waals surface area contributed by atoms with Crippen LogP contribution in [0.2, 0.25) is 0 Å². The quantitative estimate of drug-likeness (QED) is 0.388. The lowest BCUT2D eigenvalue weighted by atomic mass is 10.1. The van der Waals surface area contributed by atoms with Crippen LogP contribution in [0.15, 0.2) is 52.7 Å². The van der Waals surface area contributed by atoms with Gasteiger partial charge >= 0.3 is 0 Å². The molecule has 0 atom stereocenters. The molecule has 0 aliphatic carbocycles. The molecule has 6 nitrogen and oxygen atoms in total. The molecule has 1 saturated heterocycles. The molecular weight excluding hydrogens is 512 g/mol. The monoisotopic (exact) mass is 536 g/mol. The summed E-state index contributed by atoms with van der Waals surface area (Å²) in [5.41, 5.74) is 2.80. The third-order valence-corrected chi connectivity index (χ3v) is 9.56. The molecule has 2 aromatic carbocycles. The van der Waals surface area contributed by atoms with E-state index in [4.69, 9.17) is 14.5 Å². The number of hydrogen-bond acceptors (Lipinski definition) is 7. The Morgan fingerprint density at radius 3 is 2.44 bits per heavy atom. The Morgan fingerprint density at radius 1 is 1.09 bits per heavy atom. The Hall–Kier alpha value is -2.10. The molecule has 1 aromatic heterocycles. The van der Waals surface area contributed by atoms with Crippen LogP contribution in [0, 0.1) is 0 Å². The predicted octanol–water partition coefficient (Wildman–Crippen LogP) is 5.16. The summed E-state index contributed by atoms with van der Waals surface area (Å²) in [4.78, 5) is 7.38. The summed E-state index contributed by atoms with van der Waals surface area (Å²) in [6.45, 7) is 1.33. The minimum atomic E-state index is -3.33. The molecule has 0 radical (unpaired) electrons. The number of hydrogen-bond donors (Lipinski definition) is 0. The molecule has 1 aliphatic rings. The molecule has 0 N–H and O–H groups in total. The SMILES string of the molecule is COc1ccc(-c2csc(N3CCC(S(=O)(=O)c4ccc(CBr)cc4)CC3)n2)c(OC)c1. The van der Waals surface area contributed by atoms with Gasteiger partial charge in [-0.2, -0.15) is 0 Å². The van der Waals surface area contributed by atoms with Gasteiger partial charge in [-0.25, -0.2) is 13.4 Å². The maximum Gasteiger partial charge on any atom is 0.185 e. The lowest BCUT2D eigenvalue weighted by Crippen LogP contribution is -2.39. The van der Waals surface area contributed by atoms with Crippen molar-refractivity contribution in [3.8, 4) is 22.8 Å². The first-order valence-corrected chi connectivity index (χ1v) is 13.8. The first kappa shape index (κ1) is 23.1. The fourth-order valence-electron chi connectivity index (χ4n) is 3.86. The van der Waals surface area contributed by atoms with Crippen molar-refractivity contribution in [2.45, 2.75) is 28.3 Å². The van der Waals surface area contributed by atoms with Gasteiger partial charge in [0.25, 0.3) is 0 Å². The van der Waals surface area contributed by atoms with E-state index in [0.717, 1.165) is 27.7 Å². The van der Waals surface area contributed by atoms with Gasteiger partial charge in [0.05, 0.1) is 30.1 Å². The molecule has 0 unspecified atom stereocenters. The second kappa shape index (κ2) is 9.80. The highest BCUT2D eigenvalue weighted by atomic mass is 79.9. The largest absolute Gasteiger partial charge is 0.497 e. The van der Waals surface area contributed by atoms with Crippen LogP contribution < -0.4 is 14.4 Å². The summed E-state index contributed by atoms with van der Waals surface area (Å²) < 4.78 is 36.9. The van der Waals surface area contributed by atoms with Gasteiger partial charge in [0, 0.05) is 35.4 Å². The molecule has 0 saturated carbocycles. The zero-order chi connectivity index (χ0) is 22.7. The molecule has 0 bridgehead atoms. The highest BCUT2D eigenvalue weighted by Gasteiger charge is 2.32. The number of nitrogens with zero attached hydrogens (tertiary/aromatic N) is 2. The molecule has 0 spiro atoms. The van der Waals surface area contributed by atoms with Gasteiger partial charge < -0.3 is 14.4 Å². The molecule has 1 aliphatic heterocycles. The molecule has 3 aromatic rings. The summed E-state index contributed by atoms with van der Waals surface area (Å²) in [6, 6.07) is 12.8. The van der Waals surface area contributed by atoms with E-state index in [1.54, 1.807) is 37.7 Å². The molecule has 9 heteroatoms. The Balaban J connectivity index is 1.46. The lowest BCUT2D eigenvalue weighted by molar-refractivity contribution is 0.395. The number of aromatic nitrogens is 1. The third kappa shape index (κ3) is 4.65. The van der Waals surface area contributed by atoms with E-state index in [9.17, 15) is 8.42 Å². The number of halogens is 1. The standard InChI is InChI=1S/C23H25BrN2O4S2/c1-29-17-5-8-20(22(13-17)30-2)21-15-31-23(25-21)26-11-9-19(10-12-26)32(27,28)18-6-3-16(14-24)4-7-18/h3-8,13,15,19H,9-12,14H2,1-2H3. The van der Waals surface area contributed by atoms with E-state index < -0.39 is 9.84 Å². The van der Waals surface area contributed by atoms with Gasteiger partial charge in [-0.1, -0.05) is 28.1 Å². The molecule has 4 rings (SSSR count). The molecule has 2 heterocycles. The summed E-state index contributed by atoms with van der Waals surface area (Å²) in [5, 5.41) is 3.25. The van der Waals surface area contributed by atoms with Gasteiger partial charge in [0.15, 0.2) is 15.0 Å². The Morgan fingerprint density at radius 2 is 1.81 bits per heavy atom. The number of thiazole rings is 1. The van der Waals surface area contributed by atoms with Crippen LogP contribution in [-0.2, 0) is 15.2 Å². The zero-order valence-electron chi connectivity index (χ0n) is 18.0. The zero-order valence-corrected chi connectivity index (χ0v) is 21.2. The number of benzene rings is 2. The van der Waals surface area contributed by atoms with E-state index in [0.29, 0.717) is 41.9 Å². The Kier molecular flexibility index (Phi) is 7.07. The summed E-state index contributed by atoms with van der Waals surface area (Å²) in [7, 11) is -0.0817. The normalized spacial score (nSPS) is 15.0. The first-order chi connectivity index (χ1) is 15.5. The topological polar surface area (TPSA) is 68.7 Å². The second-order valence-corrected chi connectivity index (χ2v) is 11.2. The van der Waals surface area contributed by atoms with Crippen molar-refractivity contribution in [1.29, 1.82) is 0 Å². The number of anilines is 1. The average Bonchev–Trinajstić information content (AvgIpc) is 3.33. The smallest absolute Gasteiger partial charge is 0.185 e. The van der Waals surface area contributed by atoms with Gasteiger partial charge in [-0.15, -0.1) is 11.3 Å². The van der Waals surface area contributed by atoms with Gasteiger partial charge in [-0.05, 0) is 42.7 Å². The van der Waals surface area contributed by atoms with Crippen LogP contribution in [0.3, 0.4) is 0 Å². The van der Waals surface area contributed by atoms with E-state index in [1.165, 1.54) is 0 Å². The Bertz CT molecular complexity index is 1170. The van der Waals surface area contributed by atoms with Crippen LogP contribution in [0.25, 0.3) is 11.3 Å². The van der Waals surface area contributed by atoms with Crippen LogP contribution in [0.1, 0.15) is 18.4 Å². The lowest BCUT2D eigenvalue weighted by Gasteiger charge is -2.31. The van der Waals surface area contributed by atoms with Crippen LogP contribution in [-0.4, -0.2) is 46.0 Å². The number of sulfone groups is 1. The van der Waals surface area contributed by atoms with Crippen molar-refractivity contribution in [2.75, 3.05) is 32.2 Å². The fourth-order valence-corrected chi connectivity index (χ4v) is 6.85. The maximum absolute atomic E-state index is 13.1. The van der Waals surface area contributed by atoms with Crippen molar-refractivity contribution < 1.29 is 17.9 Å². The second-order valence-electron chi connectivity index (χ2n) is 7.59. The predicted molar refractivity (Wildman–Crippen MR) is 132 cm³/mol. The minimum Gasteiger partial charge on any atom is -0.497 e. The number of alkyl halides is 1. The number of rotatable bonds is 7. The van der Waals surface area contributed by atoms with Crippen molar-refractivity contribution in [2.24, 2.45) is 0 Å². The molecule has 1 fully saturated rings. The van der Waals surface area contributed by atoms with Crippen molar-refractivity contribution in [3.05, 3.63) is 53.4 Å². The van der Waals surface area contributed by atoms with Crippen molar-refractivity contribution in [1.82, 2.24) is 4.98 Å². The molecule has 170 valence electrons. The summed E-state index contributed by atoms with van der Waals surface area (Å²) >= 11 is 4.96. The molecule has 32 heavy (non-hydrogen) atoms. The maximum atomic E-state index is 13.1. The van der Waals surface area contributed by atoms with Crippen molar-refractivity contribution >= 4 is 42.2 Å². The van der Waals surface area contributed by atoms with Crippen LogP contribution >= 0.6 is 27.3 Å². The number of ether oxygens (including phenoxy) is 2.